The average molecular weight is 437 g/mol. The zero-order chi connectivity index (χ0) is 21.3. The van der Waals surface area contributed by atoms with Crippen LogP contribution in [0.5, 0.6) is 0 Å². The van der Waals surface area contributed by atoms with E-state index in [0.717, 1.165) is 29.5 Å². The number of thiazole rings is 1. The second-order valence-corrected chi connectivity index (χ2v) is 9.43. The lowest BCUT2D eigenvalue weighted by molar-refractivity contribution is -0.117. The molecule has 1 aromatic heterocycles. The van der Waals surface area contributed by atoms with Crippen molar-refractivity contribution in [1.29, 1.82) is 0 Å². The number of aromatic nitrogens is 1. The minimum atomic E-state index is -3.95. The van der Waals surface area contributed by atoms with Crippen LogP contribution >= 0.6 is 18.9 Å². The highest BCUT2D eigenvalue weighted by molar-refractivity contribution is 7.70. The van der Waals surface area contributed by atoms with Crippen LogP contribution in [0, 0.1) is 18.6 Å². The molecule has 0 aliphatic heterocycles. The van der Waals surface area contributed by atoms with E-state index in [2.05, 4.69) is 4.98 Å². The number of benzene rings is 2. The molecule has 1 atom stereocenters. The summed E-state index contributed by atoms with van der Waals surface area (Å²) < 4.78 is 39.0. The van der Waals surface area contributed by atoms with Crippen LogP contribution in [0.2, 0.25) is 0 Å². The van der Waals surface area contributed by atoms with Crippen molar-refractivity contribution in [3.05, 3.63) is 65.4 Å². The standard InChI is InChI=1S/C19H18F2N3O3PS/c1-11-18(28(22,26)27)29-19(23-11)24(2)17(25)9-12-3-5-13(6-4-12)15-10-14(20)7-8-16(15)21/h3-8,10H,9H2,1-2H3,(H3,22,26,27). The topological polar surface area (TPSA) is 96.5 Å². The van der Waals surface area contributed by atoms with Gasteiger partial charge in [-0.1, -0.05) is 35.6 Å². The van der Waals surface area contributed by atoms with Crippen molar-refractivity contribution in [3.63, 3.8) is 0 Å². The Morgan fingerprint density at radius 1 is 1.24 bits per heavy atom. The first kappa shape index (κ1) is 21.3. The molecule has 0 bridgehead atoms. The summed E-state index contributed by atoms with van der Waals surface area (Å²) in [5, 5.41) is 0.265. The number of likely N-dealkylation sites (N-methyl/N-ethyl adjacent to an activating group) is 1. The van der Waals surface area contributed by atoms with Crippen molar-refractivity contribution in [2.75, 3.05) is 11.9 Å². The lowest BCUT2D eigenvalue weighted by Crippen LogP contribution is -2.27. The summed E-state index contributed by atoms with van der Waals surface area (Å²) in [5.74, 6) is -1.36. The molecule has 1 unspecified atom stereocenters. The number of rotatable bonds is 5. The number of nitrogens with two attached hydrogens (primary N) is 1. The number of hydrogen-bond acceptors (Lipinski definition) is 4. The Morgan fingerprint density at radius 3 is 2.48 bits per heavy atom. The van der Waals surface area contributed by atoms with Crippen LogP contribution in [0.4, 0.5) is 13.9 Å². The van der Waals surface area contributed by atoms with E-state index in [1.54, 1.807) is 31.2 Å². The van der Waals surface area contributed by atoms with Crippen LogP contribution < -0.4 is 15.0 Å². The van der Waals surface area contributed by atoms with Gasteiger partial charge >= 0.3 is 7.52 Å². The van der Waals surface area contributed by atoms with E-state index in [1.807, 2.05) is 0 Å². The molecule has 0 fully saturated rings. The lowest BCUT2D eigenvalue weighted by atomic mass is 10.0. The van der Waals surface area contributed by atoms with Crippen molar-refractivity contribution in [2.24, 2.45) is 5.50 Å². The van der Waals surface area contributed by atoms with Crippen LogP contribution in [0.1, 0.15) is 11.3 Å². The van der Waals surface area contributed by atoms with Gasteiger partial charge in [-0.15, -0.1) is 0 Å². The summed E-state index contributed by atoms with van der Waals surface area (Å²) in [6, 6.07) is 9.77. The minimum Gasteiger partial charge on any atom is -0.330 e. The Kier molecular flexibility index (Phi) is 5.95. The van der Waals surface area contributed by atoms with Crippen LogP contribution in [-0.2, 0) is 15.8 Å². The quantitative estimate of drug-likeness (QED) is 0.597. The fourth-order valence-corrected chi connectivity index (χ4v) is 4.81. The highest BCUT2D eigenvalue weighted by Gasteiger charge is 2.25. The fourth-order valence-electron chi connectivity index (χ4n) is 2.74. The summed E-state index contributed by atoms with van der Waals surface area (Å²) in [6.45, 7) is 1.55. The fraction of sp³-hybridized carbons (Fsp3) is 0.158. The molecule has 3 rings (SSSR count). The molecule has 10 heteroatoms. The molecule has 0 radical (unpaired) electrons. The molecule has 0 aliphatic carbocycles. The smallest absolute Gasteiger partial charge is 0.306 e. The molecular weight excluding hydrogens is 419 g/mol. The van der Waals surface area contributed by atoms with Gasteiger partial charge in [0, 0.05) is 12.6 Å². The predicted molar refractivity (Wildman–Crippen MR) is 109 cm³/mol. The summed E-state index contributed by atoms with van der Waals surface area (Å²) in [4.78, 5) is 27.5. The number of carbonyl (C=O) groups excluding carboxylic acids is 1. The summed E-state index contributed by atoms with van der Waals surface area (Å²) in [7, 11) is -2.44. The van der Waals surface area contributed by atoms with Crippen LogP contribution in [-0.4, -0.2) is 22.8 Å². The van der Waals surface area contributed by atoms with Crippen LogP contribution in [0.3, 0.4) is 0 Å². The maximum atomic E-state index is 13.9. The number of anilines is 1. The molecule has 2 aromatic carbocycles. The molecule has 29 heavy (non-hydrogen) atoms. The zero-order valence-electron chi connectivity index (χ0n) is 15.6. The monoisotopic (exact) mass is 437 g/mol. The third-order valence-corrected chi connectivity index (χ3v) is 7.26. The van der Waals surface area contributed by atoms with E-state index in [0.29, 0.717) is 16.8 Å². The molecule has 152 valence electrons. The maximum Gasteiger partial charge on any atom is 0.306 e. The molecule has 1 amide bonds. The summed E-state index contributed by atoms with van der Waals surface area (Å²) >= 11 is 0.895. The third-order valence-electron chi connectivity index (χ3n) is 4.26. The van der Waals surface area contributed by atoms with Crippen molar-refractivity contribution in [1.82, 2.24) is 4.98 Å². The Bertz CT molecular complexity index is 1110. The Balaban J connectivity index is 1.75. The molecule has 6 nitrogen and oxygen atoms in total. The molecule has 0 aliphatic rings. The van der Waals surface area contributed by atoms with Crippen molar-refractivity contribution >= 4 is 34.5 Å². The number of aryl methyl sites for hydroxylation is 1. The number of amides is 1. The average Bonchev–Trinajstić information content (AvgIpc) is 3.06. The molecular formula is C19H18F2N3O3PS. The number of carbonyl (C=O) groups is 1. The van der Waals surface area contributed by atoms with Crippen molar-refractivity contribution in [2.45, 2.75) is 13.3 Å². The predicted octanol–water partition coefficient (Wildman–Crippen LogP) is 3.37. The lowest BCUT2D eigenvalue weighted by Gasteiger charge is -2.14. The number of halogens is 2. The van der Waals surface area contributed by atoms with Gasteiger partial charge in [0.2, 0.25) is 5.91 Å². The van der Waals surface area contributed by atoms with E-state index in [1.165, 1.54) is 11.9 Å². The number of hydrogen-bond donors (Lipinski definition) is 2. The van der Waals surface area contributed by atoms with E-state index in [-0.39, 0.29) is 27.6 Å². The Hall–Kier alpha value is -2.45. The van der Waals surface area contributed by atoms with Gasteiger partial charge in [-0.3, -0.25) is 19.8 Å². The van der Waals surface area contributed by atoms with Gasteiger partial charge in [0.05, 0.1) is 12.1 Å². The first-order chi connectivity index (χ1) is 13.6. The van der Waals surface area contributed by atoms with Gasteiger partial charge < -0.3 is 4.89 Å². The maximum absolute atomic E-state index is 13.9. The van der Waals surface area contributed by atoms with Crippen LogP contribution in [0.25, 0.3) is 11.1 Å². The van der Waals surface area contributed by atoms with Gasteiger partial charge in [0.25, 0.3) is 0 Å². The zero-order valence-corrected chi connectivity index (χ0v) is 17.3. The molecule has 0 saturated heterocycles. The van der Waals surface area contributed by atoms with Gasteiger partial charge in [-0.2, -0.15) is 0 Å². The third kappa shape index (κ3) is 4.76. The van der Waals surface area contributed by atoms with Crippen LogP contribution in [0.15, 0.2) is 42.5 Å². The van der Waals surface area contributed by atoms with E-state index in [4.69, 9.17) is 5.50 Å². The highest BCUT2D eigenvalue weighted by Crippen LogP contribution is 2.35. The molecule has 3 N–H and O–H groups in total. The van der Waals surface area contributed by atoms with Gasteiger partial charge in [0.1, 0.15) is 16.3 Å². The summed E-state index contributed by atoms with van der Waals surface area (Å²) in [5.41, 5.74) is 6.89. The first-order valence-electron chi connectivity index (χ1n) is 8.46. The Labute approximate surface area is 170 Å². The second-order valence-electron chi connectivity index (χ2n) is 6.46. The number of nitrogens with zero attached hydrogens (tertiary/aromatic N) is 2. The van der Waals surface area contributed by atoms with E-state index >= 15 is 0 Å². The van der Waals surface area contributed by atoms with Gasteiger partial charge in [-0.05, 0) is 36.2 Å². The summed E-state index contributed by atoms with van der Waals surface area (Å²) in [6.07, 6.45) is 0.0375. The largest absolute Gasteiger partial charge is 0.330 e. The SMILES string of the molecule is Cc1nc(N(C)C(=O)Cc2ccc(-c3cc(F)ccc3F)cc2)sc1P(N)(=O)O. The molecule has 0 saturated carbocycles. The first-order valence-corrected chi connectivity index (χ1v) is 11.0. The van der Waals surface area contributed by atoms with E-state index in [9.17, 15) is 23.0 Å². The van der Waals surface area contributed by atoms with E-state index < -0.39 is 19.2 Å². The minimum absolute atomic E-state index is 0.0375. The van der Waals surface area contributed by atoms with Crippen molar-refractivity contribution in [3.8, 4) is 11.1 Å². The molecule has 1 heterocycles. The second kappa shape index (κ2) is 8.12. The highest BCUT2D eigenvalue weighted by atomic mass is 32.1. The van der Waals surface area contributed by atoms with Gasteiger partial charge in [0.15, 0.2) is 5.13 Å². The Morgan fingerprint density at radius 2 is 1.90 bits per heavy atom. The molecule has 0 spiro atoms. The van der Waals surface area contributed by atoms with Crippen molar-refractivity contribution < 1.29 is 23.0 Å². The molecule has 3 aromatic rings. The normalized spacial score (nSPS) is 13.2. The van der Waals surface area contributed by atoms with Gasteiger partial charge in [-0.25, -0.2) is 13.8 Å².